The minimum absolute atomic E-state index is 0.625. The number of nitrogens with two attached hydrogens (primary N) is 1. The van der Waals surface area contributed by atoms with Crippen molar-refractivity contribution in [2.75, 3.05) is 6.54 Å². The number of hydrogen-bond donors (Lipinski definition) is 2. The highest BCUT2D eigenvalue weighted by Gasteiger charge is 2.16. The number of hydrogen-bond acceptors (Lipinski definition) is 2. The van der Waals surface area contributed by atoms with E-state index in [1.807, 2.05) is 24.3 Å². The van der Waals surface area contributed by atoms with Gasteiger partial charge in [0.2, 0.25) is 0 Å². The van der Waals surface area contributed by atoms with E-state index in [2.05, 4.69) is 9.97 Å². The minimum Gasteiger partial charge on any atom is -0.353 e. The van der Waals surface area contributed by atoms with Gasteiger partial charge < -0.3 is 10.7 Å². The van der Waals surface area contributed by atoms with Crippen LogP contribution >= 0.6 is 23.2 Å². The first kappa shape index (κ1) is 15.3. The van der Waals surface area contributed by atoms with E-state index < -0.39 is 0 Å². The van der Waals surface area contributed by atoms with Crippen LogP contribution in [0.2, 0.25) is 10.0 Å². The zero-order valence-corrected chi connectivity index (χ0v) is 13.6. The Labute approximate surface area is 139 Å². The Morgan fingerprint density at radius 3 is 2.73 bits per heavy atom. The second-order valence-corrected chi connectivity index (χ2v) is 6.09. The molecule has 3 nitrogen and oxygen atoms in total. The molecule has 3 aromatic rings. The first-order valence-corrected chi connectivity index (χ1v) is 8.07. The number of rotatable bonds is 5. The zero-order valence-electron chi connectivity index (χ0n) is 12.1. The molecular weight excluding hydrogens is 317 g/mol. The Bertz CT molecular complexity index is 781. The maximum Gasteiger partial charge on any atom is 0.0867 e. The average molecular weight is 334 g/mol. The summed E-state index contributed by atoms with van der Waals surface area (Å²) in [7, 11) is 0. The van der Waals surface area contributed by atoms with Gasteiger partial charge >= 0.3 is 0 Å². The number of unbranched alkanes of at least 4 members (excludes halogenated alkanes) is 1. The quantitative estimate of drug-likeness (QED) is 0.657. The normalized spacial score (nSPS) is 11.2. The van der Waals surface area contributed by atoms with E-state index in [4.69, 9.17) is 28.9 Å². The van der Waals surface area contributed by atoms with Crippen molar-refractivity contribution in [3.63, 3.8) is 0 Å². The fourth-order valence-electron chi connectivity index (χ4n) is 2.74. The molecule has 0 bridgehead atoms. The SMILES string of the molecule is NCCCCc1c(-c2ccccn2)[nH]c2cc(Cl)cc(Cl)c12. The number of aromatic amines is 1. The Balaban J connectivity index is 2.17. The zero-order chi connectivity index (χ0) is 15.5. The molecule has 22 heavy (non-hydrogen) atoms. The molecule has 3 N–H and O–H groups in total. The molecule has 0 atom stereocenters. The van der Waals surface area contributed by atoms with Crippen molar-refractivity contribution < 1.29 is 0 Å². The maximum atomic E-state index is 6.43. The van der Waals surface area contributed by atoms with Gasteiger partial charge in [-0.05, 0) is 55.6 Å². The summed E-state index contributed by atoms with van der Waals surface area (Å²) in [6.45, 7) is 0.695. The largest absolute Gasteiger partial charge is 0.353 e. The number of H-pyrrole nitrogens is 1. The Morgan fingerprint density at radius 1 is 1.14 bits per heavy atom. The van der Waals surface area contributed by atoms with E-state index in [0.29, 0.717) is 16.6 Å². The summed E-state index contributed by atoms with van der Waals surface area (Å²) in [5.74, 6) is 0. The van der Waals surface area contributed by atoms with Crippen LogP contribution in [0.3, 0.4) is 0 Å². The summed E-state index contributed by atoms with van der Waals surface area (Å²) in [5, 5.41) is 2.33. The molecule has 0 radical (unpaired) electrons. The van der Waals surface area contributed by atoms with Gasteiger partial charge in [-0.15, -0.1) is 0 Å². The van der Waals surface area contributed by atoms with E-state index in [9.17, 15) is 0 Å². The summed E-state index contributed by atoms with van der Waals surface area (Å²) < 4.78 is 0. The van der Waals surface area contributed by atoms with Crippen LogP contribution in [0.15, 0.2) is 36.5 Å². The van der Waals surface area contributed by atoms with E-state index in [1.165, 1.54) is 5.56 Å². The Morgan fingerprint density at radius 2 is 2.00 bits per heavy atom. The molecule has 0 unspecified atom stereocenters. The minimum atomic E-state index is 0.625. The highest BCUT2D eigenvalue weighted by molar-refractivity contribution is 6.39. The van der Waals surface area contributed by atoms with E-state index in [0.717, 1.165) is 41.6 Å². The molecule has 5 heteroatoms. The monoisotopic (exact) mass is 333 g/mol. The third-order valence-corrected chi connectivity index (χ3v) is 4.24. The van der Waals surface area contributed by atoms with E-state index in [1.54, 1.807) is 12.3 Å². The molecule has 2 heterocycles. The van der Waals surface area contributed by atoms with Crippen LogP contribution in [-0.4, -0.2) is 16.5 Å². The standard InChI is InChI=1S/C17H17Cl2N3/c18-11-9-13(19)16-12(5-1-3-7-20)17(22-15(16)10-11)14-6-2-4-8-21-14/h2,4,6,8-10,22H,1,3,5,7,20H2. The lowest BCUT2D eigenvalue weighted by Gasteiger charge is -2.05. The molecule has 114 valence electrons. The Kier molecular flexibility index (Phi) is 4.67. The molecule has 0 spiro atoms. The van der Waals surface area contributed by atoms with Crippen LogP contribution in [0.5, 0.6) is 0 Å². The van der Waals surface area contributed by atoms with Crippen LogP contribution in [0, 0.1) is 0 Å². The van der Waals surface area contributed by atoms with Crippen LogP contribution in [0.25, 0.3) is 22.3 Å². The number of halogens is 2. The lowest BCUT2D eigenvalue weighted by molar-refractivity contribution is 0.748. The maximum absolute atomic E-state index is 6.43. The third kappa shape index (κ3) is 2.98. The van der Waals surface area contributed by atoms with Crippen LogP contribution < -0.4 is 5.73 Å². The lowest BCUT2D eigenvalue weighted by Crippen LogP contribution is -1.99. The van der Waals surface area contributed by atoms with Gasteiger partial charge in [-0.3, -0.25) is 4.98 Å². The van der Waals surface area contributed by atoms with Crippen molar-refractivity contribution in [2.24, 2.45) is 5.73 Å². The Hall–Kier alpha value is -1.55. The van der Waals surface area contributed by atoms with Crippen LogP contribution in [0.4, 0.5) is 0 Å². The van der Waals surface area contributed by atoms with Crippen molar-refractivity contribution in [1.82, 2.24) is 9.97 Å². The van der Waals surface area contributed by atoms with Gasteiger partial charge in [0.25, 0.3) is 0 Å². The summed E-state index contributed by atoms with van der Waals surface area (Å²) in [4.78, 5) is 7.88. The summed E-state index contributed by atoms with van der Waals surface area (Å²) >= 11 is 12.6. The second kappa shape index (κ2) is 6.69. The number of nitrogens with one attached hydrogen (secondary N) is 1. The number of aromatic nitrogens is 2. The number of aryl methyl sites for hydroxylation is 1. The van der Waals surface area contributed by atoms with E-state index >= 15 is 0 Å². The molecule has 3 rings (SSSR count). The summed E-state index contributed by atoms with van der Waals surface area (Å²) in [5.41, 5.74) is 9.67. The lowest BCUT2D eigenvalue weighted by atomic mass is 10.0. The van der Waals surface area contributed by atoms with Crippen molar-refractivity contribution in [3.05, 3.63) is 52.1 Å². The molecule has 2 aromatic heterocycles. The average Bonchev–Trinajstić information content (AvgIpc) is 2.87. The van der Waals surface area contributed by atoms with Crippen LogP contribution in [0.1, 0.15) is 18.4 Å². The van der Waals surface area contributed by atoms with Crippen molar-refractivity contribution in [3.8, 4) is 11.4 Å². The number of pyridine rings is 1. The second-order valence-electron chi connectivity index (χ2n) is 5.25. The highest BCUT2D eigenvalue weighted by atomic mass is 35.5. The molecule has 0 saturated carbocycles. The van der Waals surface area contributed by atoms with Gasteiger partial charge in [-0.1, -0.05) is 29.3 Å². The van der Waals surface area contributed by atoms with Crippen LogP contribution in [-0.2, 0) is 6.42 Å². The predicted molar refractivity (Wildman–Crippen MR) is 93.5 cm³/mol. The topological polar surface area (TPSA) is 54.7 Å². The number of benzene rings is 1. The fourth-order valence-corrected chi connectivity index (χ4v) is 3.35. The highest BCUT2D eigenvalue weighted by Crippen LogP contribution is 2.36. The summed E-state index contributed by atoms with van der Waals surface area (Å²) in [6.07, 6.45) is 4.70. The van der Waals surface area contributed by atoms with Gasteiger partial charge in [0, 0.05) is 22.1 Å². The first-order valence-electron chi connectivity index (χ1n) is 7.31. The molecule has 0 aliphatic heterocycles. The number of nitrogens with zero attached hydrogens (tertiary/aromatic N) is 1. The fraction of sp³-hybridized carbons (Fsp3) is 0.235. The number of fused-ring (bicyclic) bond motifs is 1. The molecule has 0 aliphatic carbocycles. The smallest absolute Gasteiger partial charge is 0.0867 e. The van der Waals surface area contributed by atoms with Gasteiger partial charge in [0.05, 0.1) is 16.4 Å². The predicted octanol–water partition coefficient (Wildman–Crippen LogP) is 4.82. The first-order chi connectivity index (χ1) is 10.7. The molecule has 0 amide bonds. The molecule has 0 aliphatic rings. The van der Waals surface area contributed by atoms with Crippen molar-refractivity contribution in [2.45, 2.75) is 19.3 Å². The molecule has 0 saturated heterocycles. The molecule has 1 aromatic carbocycles. The van der Waals surface area contributed by atoms with E-state index in [-0.39, 0.29) is 0 Å². The third-order valence-electron chi connectivity index (χ3n) is 3.72. The molecular formula is C17H17Cl2N3. The van der Waals surface area contributed by atoms with Crippen molar-refractivity contribution >= 4 is 34.1 Å². The van der Waals surface area contributed by atoms with Gasteiger partial charge in [-0.25, -0.2) is 0 Å². The molecule has 0 fully saturated rings. The summed E-state index contributed by atoms with van der Waals surface area (Å²) in [6, 6.07) is 9.57. The van der Waals surface area contributed by atoms with Crippen molar-refractivity contribution in [1.29, 1.82) is 0 Å². The van der Waals surface area contributed by atoms with Gasteiger partial charge in [0.15, 0.2) is 0 Å². The van der Waals surface area contributed by atoms with Gasteiger partial charge in [0.1, 0.15) is 0 Å². The van der Waals surface area contributed by atoms with Gasteiger partial charge in [-0.2, -0.15) is 0 Å².